The molecule has 21 heavy (non-hydrogen) atoms. The van der Waals surface area contributed by atoms with Gasteiger partial charge in [0.2, 0.25) is 0 Å². The highest BCUT2D eigenvalue weighted by Crippen LogP contribution is 2.43. The molecule has 0 aromatic rings. The van der Waals surface area contributed by atoms with Gasteiger partial charge in [-0.3, -0.25) is 10.1 Å². The van der Waals surface area contributed by atoms with Crippen LogP contribution < -0.4 is 5.32 Å². The van der Waals surface area contributed by atoms with E-state index >= 15 is 0 Å². The summed E-state index contributed by atoms with van der Waals surface area (Å²) in [6.45, 7) is 6.60. The first-order chi connectivity index (χ1) is 9.71. The molecule has 4 atom stereocenters. The Morgan fingerprint density at radius 3 is 2.57 bits per heavy atom. The van der Waals surface area contributed by atoms with Crippen molar-refractivity contribution in [3.05, 3.63) is 0 Å². The maximum atomic E-state index is 12.6. The molecular formula is C15H27NO4S. The Hall–Kier alpha value is -0.620. The lowest BCUT2D eigenvalue weighted by Gasteiger charge is -2.46. The van der Waals surface area contributed by atoms with Gasteiger partial charge < -0.3 is 4.74 Å². The molecule has 1 aliphatic heterocycles. The molecule has 0 amide bonds. The summed E-state index contributed by atoms with van der Waals surface area (Å²) in [5, 5.41) is 2.84. The van der Waals surface area contributed by atoms with Crippen molar-refractivity contribution >= 4 is 15.8 Å². The standard InChI is InChI=1S/C15H27NO4S/c1-5-15(2,3)10-6-7-11-13(8-10)21(18,19)9-12(16-11)14(17)20-4/h10-13,16H,5-9H2,1-4H3. The molecule has 1 heterocycles. The first kappa shape index (κ1) is 16.7. The molecule has 0 aromatic heterocycles. The van der Waals surface area contributed by atoms with Gasteiger partial charge in [0, 0.05) is 6.04 Å². The number of hydrogen-bond donors (Lipinski definition) is 1. The maximum absolute atomic E-state index is 12.6. The summed E-state index contributed by atoms with van der Waals surface area (Å²) in [7, 11) is -1.96. The van der Waals surface area contributed by atoms with Crippen molar-refractivity contribution in [1.29, 1.82) is 0 Å². The molecule has 1 saturated heterocycles. The lowest BCUT2D eigenvalue weighted by Crippen LogP contribution is -2.62. The van der Waals surface area contributed by atoms with Crippen LogP contribution in [0.4, 0.5) is 0 Å². The average molecular weight is 317 g/mol. The monoisotopic (exact) mass is 317 g/mol. The number of hydrogen-bond acceptors (Lipinski definition) is 5. The fourth-order valence-electron chi connectivity index (χ4n) is 3.66. The predicted octanol–water partition coefficient (Wildman–Crippen LogP) is 1.52. The van der Waals surface area contributed by atoms with E-state index in [1.165, 1.54) is 7.11 Å². The largest absolute Gasteiger partial charge is 0.468 e. The minimum absolute atomic E-state index is 0.114. The van der Waals surface area contributed by atoms with E-state index in [0.29, 0.717) is 12.3 Å². The van der Waals surface area contributed by atoms with Gasteiger partial charge in [-0.1, -0.05) is 27.2 Å². The number of carbonyl (C=O) groups is 1. The van der Waals surface area contributed by atoms with Gasteiger partial charge in [-0.25, -0.2) is 8.42 Å². The van der Waals surface area contributed by atoms with E-state index < -0.39 is 21.8 Å². The number of sulfone groups is 1. The third-order valence-electron chi connectivity index (χ3n) is 5.57. The summed E-state index contributed by atoms with van der Waals surface area (Å²) in [5.74, 6) is -0.192. The molecular weight excluding hydrogens is 290 g/mol. The van der Waals surface area contributed by atoms with Crippen molar-refractivity contribution in [3.63, 3.8) is 0 Å². The van der Waals surface area contributed by atoms with Crippen molar-refractivity contribution in [1.82, 2.24) is 5.32 Å². The van der Waals surface area contributed by atoms with E-state index in [0.717, 1.165) is 19.3 Å². The Balaban J connectivity index is 2.17. The van der Waals surface area contributed by atoms with Crippen LogP contribution in [-0.2, 0) is 19.4 Å². The van der Waals surface area contributed by atoms with E-state index in [1.807, 2.05) is 0 Å². The SMILES string of the molecule is CCC(C)(C)C1CCC2NC(C(=O)OC)CS(=O)(=O)C2C1. The van der Waals surface area contributed by atoms with E-state index in [4.69, 9.17) is 0 Å². The van der Waals surface area contributed by atoms with E-state index in [9.17, 15) is 13.2 Å². The van der Waals surface area contributed by atoms with E-state index in [2.05, 4.69) is 30.8 Å². The Kier molecular flexibility index (Phi) is 4.69. The predicted molar refractivity (Wildman–Crippen MR) is 81.7 cm³/mol. The van der Waals surface area contributed by atoms with Gasteiger partial charge in [-0.2, -0.15) is 0 Å². The first-order valence-corrected chi connectivity index (χ1v) is 9.48. The lowest BCUT2D eigenvalue weighted by atomic mass is 9.68. The normalized spacial score (nSPS) is 35.8. The minimum atomic E-state index is -3.25. The number of carbonyl (C=O) groups excluding carboxylic acids is 1. The van der Waals surface area contributed by atoms with Gasteiger partial charge in [0.25, 0.3) is 0 Å². The van der Waals surface area contributed by atoms with Gasteiger partial charge in [0.15, 0.2) is 9.84 Å². The van der Waals surface area contributed by atoms with Crippen LogP contribution in [0.3, 0.4) is 0 Å². The Morgan fingerprint density at radius 1 is 1.33 bits per heavy atom. The van der Waals surface area contributed by atoms with E-state index in [-0.39, 0.29) is 22.5 Å². The van der Waals surface area contributed by atoms with Crippen LogP contribution in [0.1, 0.15) is 46.5 Å². The molecule has 2 aliphatic rings. The molecule has 122 valence electrons. The summed E-state index contributed by atoms with van der Waals surface area (Å²) in [6, 6.07) is -0.825. The van der Waals surface area contributed by atoms with Crippen LogP contribution >= 0.6 is 0 Å². The van der Waals surface area contributed by atoms with Gasteiger partial charge >= 0.3 is 5.97 Å². The maximum Gasteiger partial charge on any atom is 0.323 e. The van der Waals surface area contributed by atoms with Crippen LogP contribution in [0.15, 0.2) is 0 Å². The van der Waals surface area contributed by atoms with Crippen molar-refractivity contribution < 1.29 is 17.9 Å². The second-order valence-electron chi connectivity index (χ2n) is 7.07. The molecule has 5 nitrogen and oxygen atoms in total. The second kappa shape index (κ2) is 5.88. The summed E-state index contributed by atoms with van der Waals surface area (Å²) in [4.78, 5) is 11.6. The zero-order chi connectivity index (χ0) is 15.8. The average Bonchev–Trinajstić information content (AvgIpc) is 2.45. The third-order valence-corrected chi connectivity index (χ3v) is 7.81. The number of methoxy groups -OCH3 is 1. The highest BCUT2D eigenvalue weighted by Gasteiger charge is 2.48. The molecule has 1 N–H and O–H groups in total. The van der Waals surface area contributed by atoms with Crippen LogP contribution in [-0.4, -0.2) is 44.6 Å². The van der Waals surface area contributed by atoms with Gasteiger partial charge in [0.1, 0.15) is 6.04 Å². The van der Waals surface area contributed by atoms with Gasteiger partial charge in [-0.15, -0.1) is 0 Å². The third kappa shape index (κ3) is 3.26. The van der Waals surface area contributed by atoms with Crippen LogP contribution in [0.25, 0.3) is 0 Å². The van der Waals surface area contributed by atoms with Crippen molar-refractivity contribution in [3.8, 4) is 0 Å². The van der Waals surface area contributed by atoms with Crippen molar-refractivity contribution in [2.75, 3.05) is 12.9 Å². The molecule has 1 aliphatic carbocycles. The van der Waals surface area contributed by atoms with Gasteiger partial charge in [0.05, 0.1) is 18.1 Å². The molecule has 4 unspecified atom stereocenters. The van der Waals surface area contributed by atoms with E-state index in [1.54, 1.807) is 0 Å². The summed E-state index contributed by atoms with van der Waals surface area (Å²) < 4.78 is 29.8. The number of nitrogens with one attached hydrogen (secondary N) is 1. The highest BCUT2D eigenvalue weighted by atomic mass is 32.2. The smallest absolute Gasteiger partial charge is 0.323 e. The van der Waals surface area contributed by atoms with Crippen molar-refractivity contribution in [2.45, 2.75) is 63.8 Å². The number of fused-ring (bicyclic) bond motifs is 1. The highest BCUT2D eigenvalue weighted by molar-refractivity contribution is 7.92. The second-order valence-corrected chi connectivity index (χ2v) is 9.33. The topological polar surface area (TPSA) is 72.5 Å². The fraction of sp³-hybridized carbons (Fsp3) is 0.933. The van der Waals surface area contributed by atoms with Crippen LogP contribution in [0.2, 0.25) is 0 Å². The van der Waals surface area contributed by atoms with Gasteiger partial charge in [-0.05, 0) is 30.6 Å². The molecule has 2 rings (SSSR count). The number of rotatable bonds is 3. The quantitative estimate of drug-likeness (QED) is 0.799. The molecule has 1 saturated carbocycles. The lowest BCUT2D eigenvalue weighted by molar-refractivity contribution is -0.143. The number of esters is 1. The minimum Gasteiger partial charge on any atom is -0.468 e. The Labute approximate surface area is 127 Å². The van der Waals surface area contributed by atoms with Crippen molar-refractivity contribution in [2.24, 2.45) is 11.3 Å². The zero-order valence-electron chi connectivity index (χ0n) is 13.4. The summed E-state index contributed by atoms with van der Waals surface area (Å²) in [6.07, 6.45) is 3.58. The van der Waals surface area contributed by atoms with Crippen LogP contribution in [0, 0.1) is 11.3 Å². The first-order valence-electron chi connectivity index (χ1n) is 7.76. The summed E-state index contributed by atoms with van der Waals surface area (Å²) in [5.41, 5.74) is 0.166. The summed E-state index contributed by atoms with van der Waals surface area (Å²) >= 11 is 0. The Bertz CT molecular complexity index is 500. The molecule has 0 radical (unpaired) electrons. The molecule has 0 aromatic carbocycles. The molecule has 0 spiro atoms. The molecule has 6 heteroatoms. The fourth-order valence-corrected chi connectivity index (χ4v) is 5.84. The Morgan fingerprint density at radius 2 is 2.00 bits per heavy atom. The number of ether oxygens (including phenoxy) is 1. The molecule has 0 bridgehead atoms. The van der Waals surface area contributed by atoms with Crippen LogP contribution in [0.5, 0.6) is 0 Å². The molecule has 2 fully saturated rings. The zero-order valence-corrected chi connectivity index (χ0v) is 14.2.